The molecule has 0 fully saturated rings. The van der Waals surface area contributed by atoms with Crippen molar-refractivity contribution in [2.45, 2.75) is 13.0 Å². The fraction of sp³-hybridized carbons (Fsp3) is 1.00. The van der Waals surface area contributed by atoms with Gasteiger partial charge in [-0.25, -0.2) is 8.42 Å². The van der Waals surface area contributed by atoms with Crippen molar-refractivity contribution in [3.05, 3.63) is 0 Å². The van der Waals surface area contributed by atoms with Crippen LogP contribution in [0.1, 0.15) is 6.92 Å². The summed E-state index contributed by atoms with van der Waals surface area (Å²) in [4.78, 5) is 1.86. The molecule has 1 atom stereocenters. The van der Waals surface area contributed by atoms with Gasteiger partial charge in [0.25, 0.3) is 11.0 Å². The largest absolute Gasteiger partial charge is 0.307 e. The van der Waals surface area contributed by atoms with E-state index in [2.05, 4.69) is 4.18 Å². The second-order valence-corrected chi connectivity index (χ2v) is 3.06. The van der Waals surface area contributed by atoms with Crippen molar-refractivity contribution >= 4 is 11.0 Å². The van der Waals surface area contributed by atoms with Crippen LogP contribution in [0.25, 0.3) is 0 Å². The SMILES string of the molecule is CC(CN(C)C)O[SH](=O)=O. The van der Waals surface area contributed by atoms with Crippen LogP contribution >= 0.6 is 0 Å². The Kier molecular flexibility index (Phi) is 4.59. The lowest BCUT2D eigenvalue weighted by Gasteiger charge is -2.13. The number of nitrogens with zero attached hydrogens (tertiary/aromatic N) is 1. The van der Waals surface area contributed by atoms with Gasteiger partial charge in [-0.15, -0.1) is 0 Å². The van der Waals surface area contributed by atoms with E-state index in [0.29, 0.717) is 6.54 Å². The van der Waals surface area contributed by atoms with E-state index in [1.165, 1.54) is 0 Å². The first-order chi connectivity index (χ1) is 4.52. The minimum Gasteiger partial charge on any atom is -0.307 e. The third-order valence-corrected chi connectivity index (χ3v) is 1.42. The van der Waals surface area contributed by atoms with E-state index in [1.807, 2.05) is 19.0 Å². The van der Waals surface area contributed by atoms with Crippen LogP contribution in [-0.2, 0) is 15.2 Å². The van der Waals surface area contributed by atoms with Gasteiger partial charge < -0.3 is 4.90 Å². The monoisotopic (exact) mass is 167 g/mol. The second-order valence-electron chi connectivity index (χ2n) is 2.40. The van der Waals surface area contributed by atoms with Crippen LogP contribution in [0.5, 0.6) is 0 Å². The van der Waals surface area contributed by atoms with Gasteiger partial charge in [-0.2, -0.15) is 0 Å². The van der Waals surface area contributed by atoms with Gasteiger partial charge in [0.2, 0.25) is 0 Å². The quantitative estimate of drug-likeness (QED) is 0.572. The molecule has 62 valence electrons. The number of thiol groups is 1. The average molecular weight is 167 g/mol. The van der Waals surface area contributed by atoms with Gasteiger partial charge in [0.15, 0.2) is 0 Å². The Morgan fingerprint density at radius 3 is 2.30 bits per heavy atom. The molecule has 0 amide bonds. The van der Waals surface area contributed by atoms with Crippen LogP contribution in [0.4, 0.5) is 0 Å². The zero-order valence-corrected chi connectivity index (χ0v) is 7.30. The Labute approximate surface area is 62.9 Å². The van der Waals surface area contributed by atoms with Crippen LogP contribution in [0.2, 0.25) is 0 Å². The lowest BCUT2D eigenvalue weighted by molar-refractivity contribution is 0.191. The molecule has 4 nitrogen and oxygen atoms in total. The van der Waals surface area contributed by atoms with Crippen molar-refractivity contribution in [1.29, 1.82) is 0 Å². The predicted octanol–water partition coefficient (Wildman–Crippen LogP) is -0.520. The highest BCUT2D eigenvalue weighted by molar-refractivity contribution is 7.67. The number of hydrogen-bond acceptors (Lipinski definition) is 4. The molecule has 0 N–H and O–H groups in total. The van der Waals surface area contributed by atoms with Crippen molar-refractivity contribution in [2.75, 3.05) is 20.6 Å². The minimum absolute atomic E-state index is 0.254. The Bertz CT molecular complexity index is 147. The summed E-state index contributed by atoms with van der Waals surface area (Å²) in [5.74, 6) is 0. The standard InChI is InChI=1S/C5H13NO3S/c1-5(4-6(2)3)9-10(7)8/h5,10H,4H2,1-3H3. The van der Waals surface area contributed by atoms with Crippen LogP contribution in [0, 0.1) is 0 Å². The van der Waals surface area contributed by atoms with E-state index in [4.69, 9.17) is 0 Å². The zero-order chi connectivity index (χ0) is 8.15. The third-order valence-electron chi connectivity index (χ3n) is 0.888. The number of hydrogen-bond donors (Lipinski definition) is 1. The van der Waals surface area contributed by atoms with Gasteiger partial charge in [0.05, 0.1) is 6.10 Å². The highest BCUT2D eigenvalue weighted by Gasteiger charge is 2.03. The number of likely N-dealkylation sites (N-methyl/N-ethyl adjacent to an activating group) is 1. The van der Waals surface area contributed by atoms with E-state index in [9.17, 15) is 8.42 Å². The fourth-order valence-corrected chi connectivity index (χ4v) is 1.05. The Morgan fingerprint density at radius 1 is 1.50 bits per heavy atom. The molecule has 0 rings (SSSR count). The van der Waals surface area contributed by atoms with Crippen molar-refractivity contribution < 1.29 is 12.6 Å². The normalized spacial score (nSPS) is 14.5. The van der Waals surface area contributed by atoms with E-state index in [0.717, 1.165) is 0 Å². The maximum Gasteiger partial charge on any atom is 0.257 e. The summed E-state index contributed by atoms with van der Waals surface area (Å²) < 4.78 is 24.4. The molecule has 0 aromatic carbocycles. The fourth-order valence-electron chi connectivity index (χ4n) is 0.694. The summed E-state index contributed by atoms with van der Waals surface area (Å²) in [6.45, 7) is 2.33. The van der Waals surface area contributed by atoms with Gasteiger partial charge >= 0.3 is 0 Å². The molecule has 1 unspecified atom stereocenters. The van der Waals surface area contributed by atoms with E-state index in [1.54, 1.807) is 6.92 Å². The van der Waals surface area contributed by atoms with Gasteiger partial charge in [-0.1, -0.05) is 0 Å². The topological polar surface area (TPSA) is 46.6 Å². The third kappa shape index (κ3) is 6.00. The molecule has 0 aliphatic carbocycles. The van der Waals surface area contributed by atoms with Gasteiger partial charge in [0, 0.05) is 6.54 Å². The summed E-state index contributed by atoms with van der Waals surface area (Å²) in [6.07, 6.45) is -0.254. The van der Waals surface area contributed by atoms with Crippen LogP contribution < -0.4 is 0 Å². The van der Waals surface area contributed by atoms with Crippen molar-refractivity contribution in [3.63, 3.8) is 0 Å². The first-order valence-electron chi connectivity index (χ1n) is 2.98. The van der Waals surface area contributed by atoms with Crippen molar-refractivity contribution in [1.82, 2.24) is 4.90 Å². The van der Waals surface area contributed by atoms with Crippen LogP contribution in [-0.4, -0.2) is 40.1 Å². The van der Waals surface area contributed by atoms with Crippen molar-refractivity contribution in [2.24, 2.45) is 0 Å². The molecule has 0 aromatic rings. The smallest absolute Gasteiger partial charge is 0.257 e. The lowest BCUT2D eigenvalue weighted by Crippen LogP contribution is -2.25. The highest BCUT2D eigenvalue weighted by atomic mass is 32.2. The average Bonchev–Trinajstić information content (AvgIpc) is 1.58. The summed E-state index contributed by atoms with van der Waals surface area (Å²) in [6, 6.07) is 0. The molecule has 0 heterocycles. The van der Waals surface area contributed by atoms with Gasteiger partial charge in [-0.3, -0.25) is 4.18 Å². The molecule has 0 aromatic heterocycles. The Hall–Kier alpha value is -0.130. The molecule has 0 radical (unpaired) electrons. The predicted molar refractivity (Wildman–Crippen MR) is 39.4 cm³/mol. The highest BCUT2D eigenvalue weighted by Crippen LogP contribution is 1.91. The first kappa shape index (κ1) is 9.87. The van der Waals surface area contributed by atoms with E-state index >= 15 is 0 Å². The number of rotatable bonds is 4. The van der Waals surface area contributed by atoms with Crippen molar-refractivity contribution in [3.8, 4) is 0 Å². The maximum absolute atomic E-state index is 9.99. The summed E-state index contributed by atoms with van der Waals surface area (Å²) in [5.41, 5.74) is 0. The van der Waals surface area contributed by atoms with Gasteiger partial charge in [0.1, 0.15) is 0 Å². The van der Waals surface area contributed by atoms with Gasteiger partial charge in [-0.05, 0) is 21.0 Å². The molecular formula is C5H13NO3S. The van der Waals surface area contributed by atoms with Crippen LogP contribution in [0.3, 0.4) is 0 Å². The molecule has 0 saturated carbocycles. The lowest BCUT2D eigenvalue weighted by atomic mass is 10.4. The molecule has 0 spiro atoms. The second kappa shape index (κ2) is 4.65. The maximum atomic E-state index is 9.99. The first-order valence-corrected chi connectivity index (χ1v) is 4.08. The summed E-state index contributed by atoms with van der Waals surface area (Å²) in [5, 5.41) is 0. The summed E-state index contributed by atoms with van der Waals surface area (Å²) >= 11 is 0. The Balaban J connectivity index is 3.53. The summed E-state index contributed by atoms with van der Waals surface area (Å²) in [7, 11) is 1.02. The van der Waals surface area contributed by atoms with Crippen LogP contribution in [0.15, 0.2) is 0 Å². The van der Waals surface area contributed by atoms with E-state index < -0.39 is 11.0 Å². The molecule has 0 aliphatic heterocycles. The molecule has 0 bridgehead atoms. The molecule has 0 aliphatic rings. The Morgan fingerprint density at radius 2 is 2.00 bits per heavy atom. The minimum atomic E-state index is -2.70. The molecule has 5 heteroatoms. The van der Waals surface area contributed by atoms with E-state index in [-0.39, 0.29) is 6.10 Å². The molecule has 10 heavy (non-hydrogen) atoms. The molecular weight excluding hydrogens is 154 g/mol. The zero-order valence-electron chi connectivity index (χ0n) is 6.40. The molecule has 0 saturated heterocycles.